The van der Waals surface area contributed by atoms with Crippen LogP contribution in [0.25, 0.3) is 0 Å². The maximum absolute atomic E-state index is 12.4. The van der Waals surface area contributed by atoms with Gasteiger partial charge in [0.2, 0.25) is 10.0 Å². The number of benzene rings is 1. The van der Waals surface area contributed by atoms with Crippen molar-refractivity contribution in [3.63, 3.8) is 0 Å². The number of alkyl halides is 1. The van der Waals surface area contributed by atoms with E-state index in [4.69, 9.17) is 0 Å². The minimum absolute atomic E-state index is 0.115. The van der Waals surface area contributed by atoms with Crippen molar-refractivity contribution in [2.45, 2.75) is 31.2 Å². The predicted octanol–water partition coefficient (Wildman–Crippen LogP) is 4.30. The summed E-state index contributed by atoms with van der Waals surface area (Å²) in [5, 5.41) is 0.593. The molecule has 0 aliphatic rings. The molecule has 0 saturated heterocycles. The van der Waals surface area contributed by atoms with Crippen LogP contribution in [0, 0.1) is 5.92 Å². The van der Waals surface area contributed by atoms with Crippen LogP contribution in [0.1, 0.15) is 20.3 Å². The van der Waals surface area contributed by atoms with E-state index in [0.29, 0.717) is 15.7 Å². The van der Waals surface area contributed by atoms with Crippen molar-refractivity contribution in [3.05, 3.63) is 27.1 Å². The highest BCUT2D eigenvalue weighted by Gasteiger charge is 2.22. The minimum Gasteiger partial charge on any atom is -0.207 e. The maximum atomic E-state index is 12.4. The van der Waals surface area contributed by atoms with Crippen LogP contribution in [0.15, 0.2) is 32.0 Å². The Balaban J connectivity index is 3.00. The quantitative estimate of drug-likeness (QED) is 0.621. The van der Waals surface area contributed by atoms with Crippen molar-refractivity contribution in [2.24, 2.45) is 5.92 Å². The molecule has 1 atom stereocenters. The third kappa shape index (κ3) is 5.46. The number of halogens is 3. The average Bonchev–Trinajstić information content (AvgIpc) is 2.30. The van der Waals surface area contributed by atoms with E-state index in [9.17, 15) is 8.42 Å². The molecule has 0 heterocycles. The molecule has 0 bridgehead atoms. The van der Waals surface area contributed by atoms with Crippen molar-refractivity contribution >= 4 is 57.8 Å². The van der Waals surface area contributed by atoms with Crippen molar-refractivity contribution in [3.8, 4) is 0 Å². The molecule has 0 aliphatic heterocycles. The number of hydrogen-bond acceptors (Lipinski definition) is 2. The third-order valence-electron chi connectivity index (χ3n) is 2.45. The third-order valence-corrected chi connectivity index (χ3v) is 6.24. The second-order valence-electron chi connectivity index (χ2n) is 4.68. The van der Waals surface area contributed by atoms with Crippen LogP contribution in [0.3, 0.4) is 0 Å². The Bertz CT molecular complexity index is 532. The summed E-state index contributed by atoms with van der Waals surface area (Å²) in [5.41, 5.74) is 0. The lowest BCUT2D eigenvalue weighted by molar-refractivity contribution is 0.488. The maximum Gasteiger partial charge on any atom is 0.242 e. The number of rotatable bonds is 6. The van der Waals surface area contributed by atoms with Gasteiger partial charge in [0.15, 0.2) is 0 Å². The molecule has 0 radical (unpaired) electrons. The zero-order chi connectivity index (χ0) is 14.6. The molecule has 0 saturated carbocycles. The van der Waals surface area contributed by atoms with Crippen LogP contribution >= 0.6 is 47.8 Å². The second kappa shape index (κ2) is 7.54. The first-order valence-corrected chi connectivity index (χ1v) is 9.98. The topological polar surface area (TPSA) is 46.2 Å². The monoisotopic (exact) mass is 475 g/mol. The largest absolute Gasteiger partial charge is 0.242 e. The second-order valence-corrected chi connectivity index (χ2v) is 8.78. The summed E-state index contributed by atoms with van der Waals surface area (Å²) >= 11 is 9.92. The van der Waals surface area contributed by atoms with Crippen molar-refractivity contribution < 1.29 is 8.42 Å². The molecule has 3 nitrogen and oxygen atoms in total. The smallest absolute Gasteiger partial charge is 0.207 e. The standard InChI is InChI=1S/C12H16Br3NO2S/c1-8(2)5-10(7-13)16-19(17,18)12-6-9(14)3-4-11(12)15/h3-4,6,8,10,16H,5,7H2,1-2H3. The Morgan fingerprint density at radius 1 is 1.26 bits per heavy atom. The lowest BCUT2D eigenvalue weighted by atomic mass is 10.1. The van der Waals surface area contributed by atoms with Gasteiger partial charge in [-0.2, -0.15) is 0 Å². The first-order chi connectivity index (χ1) is 8.76. The van der Waals surface area contributed by atoms with E-state index in [1.54, 1.807) is 18.2 Å². The van der Waals surface area contributed by atoms with E-state index in [2.05, 4.69) is 66.4 Å². The van der Waals surface area contributed by atoms with E-state index in [-0.39, 0.29) is 10.9 Å². The molecule has 1 aromatic carbocycles. The fourth-order valence-corrected chi connectivity index (χ4v) is 5.07. The van der Waals surface area contributed by atoms with E-state index in [0.717, 1.165) is 10.9 Å². The summed E-state index contributed by atoms with van der Waals surface area (Å²) in [7, 11) is -3.53. The molecule has 0 aromatic heterocycles. The highest BCUT2D eigenvalue weighted by Crippen LogP contribution is 2.26. The molecule has 0 fully saturated rings. The SMILES string of the molecule is CC(C)CC(CBr)NS(=O)(=O)c1cc(Br)ccc1Br. The average molecular weight is 478 g/mol. The van der Waals surface area contributed by atoms with Gasteiger partial charge in [0, 0.05) is 20.3 Å². The van der Waals surface area contributed by atoms with Gasteiger partial charge in [-0.15, -0.1) is 0 Å². The molecule has 0 amide bonds. The van der Waals surface area contributed by atoms with Crippen LogP contribution in [-0.4, -0.2) is 19.8 Å². The van der Waals surface area contributed by atoms with Gasteiger partial charge in [-0.05, 0) is 46.5 Å². The number of nitrogens with one attached hydrogen (secondary N) is 1. The molecule has 1 rings (SSSR count). The fraction of sp³-hybridized carbons (Fsp3) is 0.500. The van der Waals surface area contributed by atoms with Crippen LogP contribution in [0.4, 0.5) is 0 Å². The molecule has 0 aliphatic carbocycles. The molecule has 7 heteroatoms. The zero-order valence-electron chi connectivity index (χ0n) is 10.7. The predicted molar refractivity (Wildman–Crippen MR) is 89.2 cm³/mol. The fourth-order valence-electron chi connectivity index (χ4n) is 1.68. The lowest BCUT2D eigenvalue weighted by Gasteiger charge is -2.19. The Morgan fingerprint density at radius 2 is 1.89 bits per heavy atom. The minimum atomic E-state index is -3.53. The first-order valence-electron chi connectivity index (χ1n) is 5.79. The van der Waals surface area contributed by atoms with Crippen LogP contribution in [0.2, 0.25) is 0 Å². The molecular formula is C12H16Br3NO2S. The Hall–Kier alpha value is 0.570. The normalized spacial score (nSPS) is 13.8. The van der Waals surface area contributed by atoms with E-state index >= 15 is 0 Å². The van der Waals surface area contributed by atoms with Gasteiger partial charge in [0.1, 0.15) is 0 Å². The summed E-state index contributed by atoms with van der Waals surface area (Å²) in [6.45, 7) is 4.14. The Morgan fingerprint density at radius 3 is 2.42 bits per heavy atom. The van der Waals surface area contributed by atoms with Gasteiger partial charge in [0.25, 0.3) is 0 Å². The molecule has 108 valence electrons. The van der Waals surface area contributed by atoms with E-state index < -0.39 is 10.0 Å². The molecular weight excluding hydrogens is 462 g/mol. The van der Waals surface area contributed by atoms with Crippen molar-refractivity contribution in [1.82, 2.24) is 4.72 Å². The summed E-state index contributed by atoms with van der Waals surface area (Å²) in [4.78, 5) is 0.247. The van der Waals surface area contributed by atoms with E-state index in [1.807, 2.05) is 0 Å². The molecule has 1 aromatic rings. The van der Waals surface area contributed by atoms with Gasteiger partial charge < -0.3 is 0 Å². The Labute approximate surface area is 140 Å². The molecule has 1 N–H and O–H groups in total. The van der Waals surface area contributed by atoms with Gasteiger partial charge in [0.05, 0.1) is 4.90 Å². The summed E-state index contributed by atoms with van der Waals surface area (Å²) < 4.78 is 28.8. The molecule has 0 spiro atoms. The summed E-state index contributed by atoms with van der Waals surface area (Å²) in [5.74, 6) is 0.427. The summed E-state index contributed by atoms with van der Waals surface area (Å²) in [6.07, 6.45) is 0.788. The molecule has 19 heavy (non-hydrogen) atoms. The number of hydrogen-bond donors (Lipinski definition) is 1. The highest BCUT2D eigenvalue weighted by atomic mass is 79.9. The van der Waals surface area contributed by atoms with Gasteiger partial charge >= 0.3 is 0 Å². The van der Waals surface area contributed by atoms with Gasteiger partial charge in [-0.25, -0.2) is 13.1 Å². The van der Waals surface area contributed by atoms with E-state index in [1.165, 1.54) is 0 Å². The highest BCUT2D eigenvalue weighted by molar-refractivity contribution is 9.11. The van der Waals surface area contributed by atoms with Crippen molar-refractivity contribution in [2.75, 3.05) is 5.33 Å². The Kier molecular flexibility index (Phi) is 6.99. The summed E-state index contributed by atoms with van der Waals surface area (Å²) in [6, 6.07) is 4.98. The zero-order valence-corrected chi connectivity index (χ0v) is 16.2. The van der Waals surface area contributed by atoms with Crippen molar-refractivity contribution in [1.29, 1.82) is 0 Å². The molecule has 1 unspecified atom stereocenters. The lowest BCUT2D eigenvalue weighted by Crippen LogP contribution is -2.37. The van der Waals surface area contributed by atoms with Gasteiger partial charge in [-0.3, -0.25) is 0 Å². The van der Waals surface area contributed by atoms with Crippen LogP contribution in [-0.2, 0) is 10.0 Å². The first kappa shape index (κ1) is 17.6. The van der Waals surface area contributed by atoms with Gasteiger partial charge in [-0.1, -0.05) is 45.7 Å². The van der Waals surface area contributed by atoms with Crippen LogP contribution < -0.4 is 4.72 Å². The van der Waals surface area contributed by atoms with Crippen LogP contribution in [0.5, 0.6) is 0 Å². The number of sulfonamides is 1.